The molecular weight excluding hydrogens is 270 g/mol. The maximum Gasteiger partial charge on any atom is 0.329 e. The van der Waals surface area contributed by atoms with Crippen LogP contribution in [0.2, 0.25) is 0 Å². The van der Waals surface area contributed by atoms with Crippen molar-refractivity contribution >= 4 is 17.1 Å². The lowest BCUT2D eigenvalue weighted by Gasteiger charge is -2.15. The highest BCUT2D eigenvalue weighted by molar-refractivity contribution is 5.65. The molecule has 1 aromatic rings. The molecule has 0 aromatic heterocycles. The zero-order valence-electron chi connectivity index (χ0n) is 11.7. The van der Waals surface area contributed by atoms with Crippen LogP contribution in [0.5, 0.6) is 0 Å². The fraction of sp³-hybridized carbons (Fsp3) is 0.455. The Morgan fingerprint density at radius 3 is 2.20 bits per heavy atom. The number of rotatable bonds is 7. The molecule has 0 radical (unpaired) electrons. The number of hydrogen-bond donors (Lipinski definition) is 1. The first kappa shape index (κ1) is 15.8. The molecule has 0 aliphatic rings. The van der Waals surface area contributed by atoms with Gasteiger partial charge in [-0.2, -0.15) is 0 Å². The van der Waals surface area contributed by atoms with Crippen molar-refractivity contribution in [2.75, 3.05) is 26.6 Å². The lowest BCUT2D eigenvalue weighted by Crippen LogP contribution is -2.19. The van der Waals surface area contributed by atoms with E-state index in [1.807, 2.05) is 0 Å². The Morgan fingerprint density at radius 1 is 1.15 bits per heavy atom. The van der Waals surface area contributed by atoms with Crippen LogP contribution in [0.3, 0.4) is 0 Å². The van der Waals surface area contributed by atoms with Gasteiger partial charge in [-0.25, -0.2) is 9.68 Å². The minimum Gasteiger partial charge on any atom is -0.264 e. The van der Waals surface area contributed by atoms with Gasteiger partial charge in [0.15, 0.2) is 14.2 Å². The molecule has 0 amide bonds. The van der Waals surface area contributed by atoms with Crippen molar-refractivity contribution < 1.29 is 29.6 Å². The zero-order valence-corrected chi connectivity index (χ0v) is 11.7. The van der Waals surface area contributed by atoms with E-state index >= 15 is 0 Å². The summed E-state index contributed by atoms with van der Waals surface area (Å²) in [5, 5.41) is 10.1. The van der Waals surface area contributed by atoms with Gasteiger partial charge in [0.05, 0.1) is 22.5 Å². The molecule has 0 heterocycles. The maximum absolute atomic E-state index is 11.7. The highest BCUT2D eigenvalue weighted by atomic mass is 16.9. The molecule has 0 aliphatic carbocycles. The Kier molecular flexibility index (Phi) is 5.35. The number of benzene rings is 1. The van der Waals surface area contributed by atoms with Crippen LogP contribution in [0.25, 0.3) is 0 Å². The fourth-order valence-electron chi connectivity index (χ4n) is 1.73. The molecule has 0 spiro atoms. The van der Waals surface area contributed by atoms with Crippen LogP contribution in [0.1, 0.15) is 12.5 Å². The molecule has 20 heavy (non-hydrogen) atoms. The van der Waals surface area contributed by atoms with E-state index in [1.165, 1.54) is 33.5 Å². The summed E-state index contributed by atoms with van der Waals surface area (Å²) < 4.78 is 0. The molecule has 1 rings (SSSR count). The van der Waals surface area contributed by atoms with Gasteiger partial charge in [-0.1, -0.05) is 6.92 Å². The van der Waals surface area contributed by atoms with E-state index in [9.17, 15) is 15.0 Å². The average molecular weight is 287 g/mol. The SMILES string of the molecule is CCc1c(N(O)OC)cc([N+](=O)OC)cc1[N+](=O)OC. The molecule has 0 saturated carbocycles. The summed E-state index contributed by atoms with van der Waals surface area (Å²) in [6, 6.07) is 2.62. The van der Waals surface area contributed by atoms with Gasteiger partial charge in [0.25, 0.3) is 9.85 Å². The zero-order chi connectivity index (χ0) is 15.3. The van der Waals surface area contributed by atoms with Crippen LogP contribution in [0.4, 0.5) is 17.1 Å². The van der Waals surface area contributed by atoms with Crippen LogP contribution < -0.4 is 5.23 Å². The molecule has 110 valence electrons. The Balaban J connectivity index is 3.55. The summed E-state index contributed by atoms with van der Waals surface area (Å²) in [5.74, 6) is 0. The second-order valence-corrected chi connectivity index (χ2v) is 3.65. The lowest BCUT2D eigenvalue weighted by atomic mass is 10.1. The Bertz CT molecular complexity index is 519. The van der Waals surface area contributed by atoms with Crippen molar-refractivity contribution in [1.29, 1.82) is 0 Å². The third kappa shape index (κ3) is 3.00. The molecule has 0 fully saturated rings. The average Bonchev–Trinajstić information content (AvgIpc) is 2.50. The topological polar surface area (TPSA) is 91.3 Å². The van der Waals surface area contributed by atoms with Crippen LogP contribution in [0, 0.1) is 9.81 Å². The third-order valence-corrected chi connectivity index (χ3v) is 2.66. The molecule has 0 aliphatic heterocycles. The van der Waals surface area contributed by atoms with Gasteiger partial charge in [-0.15, -0.1) is 5.23 Å². The van der Waals surface area contributed by atoms with Gasteiger partial charge in [-0.05, 0) is 6.42 Å². The molecule has 9 nitrogen and oxygen atoms in total. The third-order valence-electron chi connectivity index (χ3n) is 2.66. The van der Waals surface area contributed by atoms with Gasteiger partial charge in [0, 0.05) is 6.07 Å². The van der Waals surface area contributed by atoms with Crippen molar-refractivity contribution in [2.24, 2.45) is 0 Å². The quantitative estimate of drug-likeness (QED) is 0.766. The maximum atomic E-state index is 11.7. The van der Waals surface area contributed by atoms with E-state index in [4.69, 9.17) is 0 Å². The van der Waals surface area contributed by atoms with Gasteiger partial charge < -0.3 is 0 Å². The first-order valence-corrected chi connectivity index (χ1v) is 5.72. The molecule has 1 aromatic carbocycles. The van der Waals surface area contributed by atoms with Gasteiger partial charge in [-0.3, -0.25) is 10.0 Å². The van der Waals surface area contributed by atoms with Gasteiger partial charge in [0.1, 0.15) is 11.8 Å². The van der Waals surface area contributed by atoms with Crippen LogP contribution >= 0.6 is 0 Å². The Hall–Kier alpha value is -2.26. The van der Waals surface area contributed by atoms with E-state index in [1.54, 1.807) is 6.92 Å². The molecule has 9 heteroatoms. The molecular formula is C11H17N3O6+2. The van der Waals surface area contributed by atoms with Crippen molar-refractivity contribution in [3.05, 3.63) is 27.5 Å². The summed E-state index contributed by atoms with van der Waals surface area (Å²) in [4.78, 5) is 37.5. The molecule has 1 N–H and O–H groups in total. The van der Waals surface area contributed by atoms with Crippen LogP contribution in [0.15, 0.2) is 12.1 Å². The van der Waals surface area contributed by atoms with Gasteiger partial charge >= 0.3 is 11.4 Å². The predicted octanol–water partition coefficient (Wildman–Crippen LogP) is 1.95. The minimum atomic E-state index is 0.00343. The van der Waals surface area contributed by atoms with E-state index < -0.39 is 0 Å². The van der Waals surface area contributed by atoms with Crippen molar-refractivity contribution in [3.63, 3.8) is 0 Å². The fourth-order valence-corrected chi connectivity index (χ4v) is 1.73. The van der Waals surface area contributed by atoms with Crippen molar-refractivity contribution in [3.8, 4) is 0 Å². The number of anilines is 1. The Labute approximate surface area is 115 Å². The molecule has 0 bridgehead atoms. The van der Waals surface area contributed by atoms with E-state index in [2.05, 4.69) is 14.5 Å². The van der Waals surface area contributed by atoms with Crippen molar-refractivity contribution in [1.82, 2.24) is 0 Å². The lowest BCUT2D eigenvalue weighted by molar-refractivity contribution is -0.742. The molecule has 0 atom stereocenters. The standard InChI is InChI=1S/C11H17N3O6/c1-5-9-10(13(16)19-3)6-8(12(15)18-2)7-11(9)14(17)20-4/h6-7,16H,5H2,1-4H3/q+2. The number of nitrogens with zero attached hydrogens (tertiary/aromatic N) is 3. The van der Waals surface area contributed by atoms with Gasteiger partial charge in [0.2, 0.25) is 0 Å². The van der Waals surface area contributed by atoms with E-state index in [0.717, 1.165) is 0 Å². The monoisotopic (exact) mass is 287 g/mol. The molecule has 0 saturated heterocycles. The second-order valence-electron chi connectivity index (χ2n) is 3.65. The summed E-state index contributed by atoms with van der Waals surface area (Å²) >= 11 is 0. The van der Waals surface area contributed by atoms with E-state index in [-0.39, 0.29) is 26.9 Å². The highest BCUT2D eigenvalue weighted by Gasteiger charge is 2.31. The van der Waals surface area contributed by atoms with Crippen molar-refractivity contribution in [2.45, 2.75) is 13.3 Å². The summed E-state index contributed by atoms with van der Waals surface area (Å²) in [5.41, 5.74) is 0.651. The summed E-state index contributed by atoms with van der Waals surface area (Å²) in [6.45, 7) is 1.78. The number of hydrogen-bond acceptors (Lipinski definition) is 7. The van der Waals surface area contributed by atoms with Crippen LogP contribution in [-0.4, -0.2) is 36.4 Å². The largest absolute Gasteiger partial charge is 0.329 e. The highest BCUT2D eigenvalue weighted by Crippen LogP contribution is 2.34. The summed E-state index contributed by atoms with van der Waals surface area (Å²) in [6.07, 6.45) is 0.402. The Morgan fingerprint density at radius 2 is 1.75 bits per heavy atom. The van der Waals surface area contributed by atoms with E-state index in [0.29, 0.717) is 17.2 Å². The predicted molar refractivity (Wildman–Crippen MR) is 67.7 cm³/mol. The summed E-state index contributed by atoms with van der Waals surface area (Å²) in [7, 11) is 3.61. The first-order valence-electron chi connectivity index (χ1n) is 5.72. The smallest absolute Gasteiger partial charge is 0.264 e. The minimum absolute atomic E-state index is 0.00343. The first-order chi connectivity index (χ1) is 9.49. The van der Waals surface area contributed by atoms with Crippen LogP contribution in [-0.2, 0) is 20.9 Å². The normalized spacial score (nSPS) is 10.1. The molecule has 0 unspecified atom stereocenters. The second kappa shape index (κ2) is 6.78.